The number of nitrogens with zero attached hydrogens (tertiary/aromatic N) is 2. The molecular weight excluding hydrogens is 316 g/mol. The maximum atomic E-state index is 12.3. The third-order valence-corrected chi connectivity index (χ3v) is 3.57. The molecule has 1 amide bonds. The summed E-state index contributed by atoms with van der Waals surface area (Å²) in [6.45, 7) is 0.655. The van der Waals surface area contributed by atoms with E-state index in [9.17, 15) is 4.79 Å². The number of amides is 1. The molecule has 0 bridgehead atoms. The van der Waals surface area contributed by atoms with Crippen LogP contribution in [-0.4, -0.2) is 23.2 Å². The number of methoxy groups -OCH3 is 1. The van der Waals surface area contributed by atoms with Crippen molar-refractivity contribution in [2.75, 3.05) is 17.7 Å². The van der Waals surface area contributed by atoms with E-state index in [0.717, 1.165) is 5.56 Å². The summed E-state index contributed by atoms with van der Waals surface area (Å²) < 4.78 is 5.19. The van der Waals surface area contributed by atoms with Crippen LogP contribution in [0, 0.1) is 0 Å². The number of nitrogens with one attached hydrogen (secondary N) is 2. The fourth-order valence-electron chi connectivity index (χ4n) is 2.30. The quantitative estimate of drug-likeness (QED) is 0.723. The average molecular weight is 334 g/mol. The van der Waals surface area contributed by atoms with Gasteiger partial charge in [-0.25, -0.2) is 0 Å². The van der Waals surface area contributed by atoms with Gasteiger partial charge in [0.25, 0.3) is 5.91 Å². The Morgan fingerprint density at radius 2 is 1.60 bits per heavy atom. The zero-order chi connectivity index (χ0) is 17.5. The molecule has 3 rings (SSSR count). The number of benzene rings is 2. The Balaban J connectivity index is 1.61. The zero-order valence-corrected chi connectivity index (χ0v) is 13.8. The van der Waals surface area contributed by atoms with Gasteiger partial charge in [-0.15, -0.1) is 10.2 Å². The Kier molecular flexibility index (Phi) is 5.21. The number of rotatable bonds is 6. The first kappa shape index (κ1) is 16.4. The molecule has 0 radical (unpaired) electrons. The Morgan fingerprint density at radius 1 is 0.920 bits per heavy atom. The van der Waals surface area contributed by atoms with E-state index < -0.39 is 0 Å². The van der Waals surface area contributed by atoms with E-state index in [1.54, 1.807) is 30.3 Å². The predicted octanol–water partition coefficient (Wildman–Crippen LogP) is 3.35. The summed E-state index contributed by atoms with van der Waals surface area (Å²) in [6.07, 6.45) is 0. The third kappa shape index (κ3) is 4.32. The number of ether oxygens (including phenoxy) is 1. The summed E-state index contributed by atoms with van der Waals surface area (Å²) in [5.74, 6) is 1.23. The van der Waals surface area contributed by atoms with E-state index in [1.807, 2.05) is 36.4 Å². The van der Waals surface area contributed by atoms with Crippen LogP contribution < -0.4 is 15.4 Å². The van der Waals surface area contributed by atoms with Crippen molar-refractivity contribution in [2.45, 2.75) is 6.54 Å². The molecule has 0 aliphatic rings. The van der Waals surface area contributed by atoms with Crippen LogP contribution in [0.15, 0.2) is 66.7 Å². The van der Waals surface area contributed by atoms with Crippen LogP contribution in [0.25, 0.3) is 0 Å². The summed E-state index contributed by atoms with van der Waals surface area (Å²) in [5, 5.41) is 14.0. The third-order valence-electron chi connectivity index (χ3n) is 3.57. The molecule has 0 fully saturated rings. The van der Waals surface area contributed by atoms with Crippen LogP contribution in [0.3, 0.4) is 0 Å². The van der Waals surface area contributed by atoms with Gasteiger partial charge >= 0.3 is 0 Å². The SMILES string of the molecule is COc1ccccc1C(=O)Nc1ccc(NCc2ccccc2)nn1. The molecule has 0 aliphatic carbocycles. The maximum absolute atomic E-state index is 12.3. The molecule has 0 atom stereocenters. The maximum Gasteiger partial charge on any atom is 0.260 e. The smallest absolute Gasteiger partial charge is 0.260 e. The first-order valence-corrected chi connectivity index (χ1v) is 7.82. The van der Waals surface area contributed by atoms with Crippen molar-refractivity contribution in [3.05, 3.63) is 77.9 Å². The minimum Gasteiger partial charge on any atom is -0.496 e. The van der Waals surface area contributed by atoms with Gasteiger partial charge in [0.15, 0.2) is 5.82 Å². The van der Waals surface area contributed by atoms with E-state index in [4.69, 9.17) is 4.74 Å². The van der Waals surface area contributed by atoms with E-state index in [0.29, 0.717) is 29.5 Å². The largest absolute Gasteiger partial charge is 0.496 e. The van der Waals surface area contributed by atoms with Crippen molar-refractivity contribution >= 4 is 17.5 Å². The van der Waals surface area contributed by atoms with Gasteiger partial charge in [0.1, 0.15) is 11.6 Å². The van der Waals surface area contributed by atoms with Gasteiger partial charge in [0.05, 0.1) is 12.7 Å². The van der Waals surface area contributed by atoms with Crippen molar-refractivity contribution in [1.82, 2.24) is 10.2 Å². The average Bonchev–Trinajstić information content (AvgIpc) is 2.68. The van der Waals surface area contributed by atoms with E-state index in [2.05, 4.69) is 20.8 Å². The molecule has 25 heavy (non-hydrogen) atoms. The first-order chi connectivity index (χ1) is 12.3. The molecule has 1 heterocycles. The monoisotopic (exact) mass is 334 g/mol. The van der Waals surface area contributed by atoms with Crippen molar-refractivity contribution < 1.29 is 9.53 Å². The summed E-state index contributed by atoms with van der Waals surface area (Å²) >= 11 is 0. The molecule has 3 aromatic rings. The van der Waals surface area contributed by atoms with Gasteiger partial charge in [0, 0.05) is 6.54 Å². The number of hydrogen-bond acceptors (Lipinski definition) is 5. The van der Waals surface area contributed by atoms with Crippen molar-refractivity contribution in [3.63, 3.8) is 0 Å². The van der Waals surface area contributed by atoms with Crippen LogP contribution >= 0.6 is 0 Å². The number of carbonyl (C=O) groups excluding carboxylic acids is 1. The van der Waals surface area contributed by atoms with Crippen molar-refractivity contribution in [2.24, 2.45) is 0 Å². The standard InChI is InChI=1S/C19H18N4O2/c1-25-16-10-6-5-9-15(16)19(24)21-18-12-11-17(22-23-18)20-13-14-7-3-2-4-8-14/h2-12H,13H2,1H3,(H,20,22)(H,21,23,24). The normalized spacial score (nSPS) is 10.1. The van der Waals surface area contributed by atoms with Crippen LogP contribution in [-0.2, 0) is 6.54 Å². The van der Waals surface area contributed by atoms with Crippen molar-refractivity contribution in [1.29, 1.82) is 0 Å². The van der Waals surface area contributed by atoms with E-state index in [1.165, 1.54) is 7.11 Å². The number of hydrogen-bond donors (Lipinski definition) is 2. The molecule has 0 aliphatic heterocycles. The minimum absolute atomic E-state index is 0.295. The lowest BCUT2D eigenvalue weighted by Crippen LogP contribution is -2.14. The molecule has 2 aromatic carbocycles. The zero-order valence-electron chi connectivity index (χ0n) is 13.8. The second-order valence-electron chi connectivity index (χ2n) is 5.30. The highest BCUT2D eigenvalue weighted by Gasteiger charge is 2.12. The summed E-state index contributed by atoms with van der Waals surface area (Å²) in [5.41, 5.74) is 1.59. The molecule has 126 valence electrons. The van der Waals surface area contributed by atoms with Gasteiger partial charge in [-0.05, 0) is 29.8 Å². The van der Waals surface area contributed by atoms with E-state index in [-0.39, 0.29) is 5.91 Å². The Labute approximate surface area is 145 Å². The molecule has 0 spiro atoms. The Hall–Kier alpha value is -3.41. The fraction of sp³-hybridized carbons (Fsp3) is 0.105. The van der Waals surface area contributed by atoms with Crippen LogP contribution in [0.5, 0.6) is 5.75 Å². The summed E-state index contributed by atoms with van der Waals surface area (Å²) in [6, 6.07) is 20.5. The summed E-state index contributed by atoms with van der Waals surface area (Å²) in [4.78, 5) is 12.3. The van der Waals surface area contributed by atoms with Gasteiger partial charge in [0.2, 0.25) is 0 Å². The molecule has 2 N–H and O–H groups in total. The topological polar surface area (TPSA) is 76.1 Å². The highest BCUT2D eigenvalue weighted by Crippen LogP contribution is 2.18. The second kappa shape index (κ2) is 7.92. The molecular formula is C19H18N4O2. The minimum atomic E-state index is -0.295. The first-order valence-electron chi connectivity index (χ1n) is 7.82. The van der Waals surface area contributed by atoms with E-state index >= 15 is 0 Å². The van der Waals surface area contributed by atoms with Crippen LogP contribution in [0.1, 0.15) is 15.9 Å². The Bertz CT molecular complexity index is 836. The number of para-hydroxylation sites is 1. The number of aromatic nitrogens is 2. The number of carbonyl (C=O) groups is 1. The lowest BCUT2D eigenvalue weighted by Gasteiger charge is -2.09. The van der Waals surface area contributed by atoms with Gasteiger partial charge in [-0.1, -0.05) is 42.5 Å². The highest BCUT2D eigenvalue weighted by atomic mass is 16.5. The molecule has 0 saturated carbocycles. The molecule has 0 saturated heterocycles. The lowest BCUT2D eigenvalue weighted by atomic mass is 10.2. The number of anilines is 2. The Morgan fingerprint density at radius 3 is 2.32 bits per heavy atom. The van der Waals surface area contributed by atoms with Gasteiger partial charge in [-0.2, -0.15) is 0 Å². The van der Waals surface area contributed by atoms with Crippen molar-refractivity contribution in [3.8, 4) is 5.75 Å². The second-order valence-corrected chi connectivity index (χ2v) is 5.30. The molecule has 0 unspecified atom stereocenters. The predicted molar refractivity (Wildman–Crippen MR) is 96.7 cm³/mol. The van der Waals surface area contributed by atoms with Crippen LogP contribution in [0.4, 0.5) is 11.6 Å². The lowest BCUT2D eigenvalue weighted by molar-refractivity contribution is 0.102. The molecule has 6 heteroatoms. The van der Waals surface area contributed by atoms with Gasteiger partial charge < -0.3 is 15.4 Å². The summed E-state index contributed by atoms with van der Waals surface area (Å²) in [7, 11) is 1.53. The van der Waals surface area contributed by atoms with Gasteiger partial charge in [-0.3, -0.25) is 4.79 Å². The molecule has 1 aromatic heterocycles. The highest BCUT2D eigenvalue weighted by molar-refractivity contribution is 6.05. The fourth-order valence-corrected chi connectivity index (χ4v) is 2.30. The van der Waals surface area contributed by atoms with Crippen LogP contribution in [0.2, 0.25) is 0 Å². The molecule has 6 nitrogen and oxygen atoms in total.